The molecule has 1 aliphatic heterocycles. The van der Waals surface area contributed by atoms with Gasteiger partial charge in [0.05, 0.1) is 32.1 Å². The van der Waals surface area contributed by atoms with Gasteiger partial charge in [0.15, 0.2) is 0 Å². The van der Waals surface area contributed by atoms with E-state index in [1.54, 1.807) is 18.2 Å². The minimum atomic E-state index is -3.34. The smallest absolute Gasteiger partial charge is 0.257 e. The molecule has 1 aliphatic rings. The molecule has 2 aromatic rings. The van der Waals surface area contributed by atoms with Gasteiger partial charge in [0.25, 0.3) is 5.91 Å². The number of nitrogens with one attached hydrogen (secondary N) is 1. The van der Waals surface area contributed by atoms with E-state index >= 15 is 0 Å². The van der Waals surface area contributed by atoms with Crippen molar-refractivity contribution in [2.24, 2.45) is 0 Å². The van der Waals surface area contributed by atoms with Crippen LogP contribution in [0.3, 0.4) is 0 Å². The van der Waals surface area contributed by atoms with Gasteiger partial charge in [-0.2, -0.15) is 0 Å². The third-order valence-electron chi connectivity index (χ3n) is 3.76. The van der Waals surface area contributed by atoms with E-state index in [4.69, 9.17) is 34.8 Å². The molecular weight excluding hydrogens is 407 g/mol. The molecule has 1 N–H and O–H groups in total. The molecule has 9 heteroatoms. The second kappa shape index (κ2) is 7.03. The van der Waals surface area contributed by atoms with E-state index in [1.807, 2.05) is 0 Å². The van der Waals surface area contributed by atoms with E-state index in [-0.39, 0.29) is 16.3 Å². The fraction of sp³-hybridized carbons (Fsp3) is 0.188. The summed E-state index contributed by atoms with van der Waals surface area (Å²) in [6.07, 6.45) is 0.551. The zero-order chi connectivity index (χ0) is 18.2. The van der Waals surface area contributed by atoms with Gasteiger partial charge in [-0.05, 0) is 42.8 Å². The van der Waals surface area contributed by atoms with Gasteiger partial charge in [-0.25, -0.2) is 8.42 Å². The second-order valence-corrected chi connectivity index (χ2v) is 8.72. The van der Waals surface area contributed by atoms with Crippen molar-refractivity contribution < 1.29 is 13.2 Å². The Kier molecular flexibility index (Phi) is 5.16. The number of benzene rings is 2. The third kappa shape index (κ3) is 3.87. The Balaban J connectivity index is 1.89. The van der Waals surface area contributed by atoms with Gasteiger partial charge >= 0.3 is 0 Å². The van der Waals surface area contributed by atoms with Crippen molar-refractivity contribution in [2.45, 2.75) is 6.42 Å². The second-order valence-electron chi connectivity index (χ2n) is 5.49. The molecule has 2 aromatic carbocycles. The minimum absolute atomic E-state index is 0.0976. The topological polar surface area (TPSA) is 66.5 Å². The summed E-state index contributed by atoms with van der Waals surface area (Å²) >= 11 is 17.9. The number of carbonyl (C=O) groups excluding carboxylic acids is 1. The molecule has 5 nitrogen and oxygen atoms in total. The molecule has 0 bridgehead atoms. The fourth-order valence-corrected chi connectivity index (χ4v) is 4.60. The summed E-state index contributed by atoms with van der Waals surface area (Å²) in [6, 6.07) is 9.25. The summed E-state index contributed by atoms with van der Waals surface area (Å²) in [7, 11) is -3.34. The molecule has 1 saturated heterocycles. The summed E-state index contributed by atoms with van der Waals surface area (Å²) in [5.41, 5.74) is 1.04. The normalized spacial score (nSPS) is 16.0. The molecule has 0 saturated carbocycles. The van der Waals surface area contributed by atoms with Crippen molar-refractivity contribution in [1.29, 1.82) is 0 Å². The summed E-state index contributed by atoms with van der Waals surface area (Å²) in [5, 5.41) is 3.57. The van der Waals surface area contributed by atoms with Crippen LogP contribution in [0, 0.1) is 0 Å². The maximum Gasteiger partial charge on any atom is 0.257 e. The maximum absolute atomic E-state index is 12.5. The third-order valence-corrected chi connectivity index (χ3v) is 6.70. The van der Waals surface area contributed by atoms with Crippen LogP contribution in [0.25, 0.3) is 0 Å². The summed E-state index contributed by atoms with van der Waals surface area (Å²) in [5.74, 6) is -0.373. The zero-order valence-corrected chi connectivity index (χ0v) is 15.9. The average molecular weight is 420 g/mol. The van der Waals surface area contributed by atoms with E-state index < -0.39 is 15.9 Å². The van der Waals surface area contributed by atoms with Crippen molar-refractivity contribution in [3.05, 3.63) is 57.0 Å². The Morgan fingerprint density at radius 3 is 2.36 bits per heavy atom. The summed E-state index contributed by atoms with van der Waals surface area (Å²) in [6.45, 7) is 0.387. The van der Waals surface area contributed by atoms with Crippen molar-refractivity contribution in [3.8, 4) is 0 Å². The lowest BCUT2D eigenvalue weighted by atomic mass is 10.1. The average Bonchev–Trinajstić information content (AvgIpc) is 2.91. The number of amides is 1. The molecule has 1 amide bonds. The molecule has 0 spiro atoms. The number of halogens is 3. The lowest BCUT2D eigenvalue weighted by molar-refractivity contribution is 0.102. The van der Waals surface area contributed by atoms with Crippen LogP contribution in [0.2, 0.25) is 15.1 Å². The van der Waals surface area contributed by atoms with E-state index in [1.165, 1.54) is 22.5 Å². The molecule has 1 heterocycles. The summed E-state index contributed by atoms with van der Waals surface area (Å²) < 4.78 is 25.4. The largest absolute Gasteiger partial charge is 0.322 e. The van der Waals surface area contributed by atoms with Crippen LogP contribution in [0.1, 0.15) is 16.8 Å². The highest BCUT2D eigenvalue weighted by molar-refractivity contribution is 7.93. The number of carbonyl (C=O) groups is 1. The molecule has 1 fully saturated rings. The first kappa shape index (κ1) is 18.3. The van der Waals surface area contributed by atoms with E-state index in [2.05, 4.69) is 5.32 Å². The van der Waals surface area contributed by atoms with Crippen molar-refractivity contribution in [2.75, 3.05) is 21.9 Å². The first-order chi connectivity index (χ1) is 11.8. The molecular formula is C16H13Cl3N2O3S. The van der Waals surface area contributed by atoms with Crippen molar-refractivity contribution in [1.82, 2.24) is 0 Å². The van der Waals surface area contributed by atoms with Crippen molar-refractivity contribution >= 4 is 62.1 Å². The lowest BCUT2D eigenvalue weighted by Gasteiger charge is -2.18. The number of hydrogen-bond acceptors (Lipinski definition) is 3. The van der Waals surface area contributed by atoms with Gasteiger partial charge < -0.3 is 5.32 Å². The van der Waals surface area contributed by atoms with Gasteiger partial charge in [0, 0.05) is 12.2 Å². The van der Waals surface area contributed by atoms with E-state index in [0.717, 1.165) is 0 Å². The number of nitrogens with zero attached hydrogens (tertiary/aromatic N) is 1. The van der Waals surface area contributed by atoms with Crippen LogP contribution < -0.4 is 9.62 Å². The molecule has 0 aliphatic carbocycles. The molecule has 0 aromatic heterocycles. The maximum atomic E-state index is 12.5. The minimum Gasteiger partial charge on any atom is -0.322 e. The predicted molar refractivity (Wildman–Crippen MR) is 102 cm³/mol. The van der Waals surface area contributed by atoms with Gasteiger partial charge in [0.2, 0.25) is 10.0 Å². The molecule has 0 radical (unpaired) electrons. The zero-order valence-electron chi connectivity index (χ0n) is 12.8. The lowest BCUT2D eigenvalue weighted by Crippen LogP contribution is -2.25. The van der Waals surface area contributed by atoms with Gasteiger partial charge in [0.1, 0.15) is 0 Å². The molecule has 3 rings (SSSR count). The van der Waals surface area contributed by atoms with E-state index in [0.29, 0.717) is 34.4 Å². The van der Waals surface area contributed by atoms with Crippen LogP contribution in [0.15, 0.2) is 36.4 Å². The number of hydrogen-bond donors (Lipinski definition) is 1. The van der Waals surface area contributed by atoms with E-state index in [9.17, 15) is 13.2 Å². The van der Waals surface area contributed by atoms with Gasteiger partial charge in [-0.1, -0.05) is 34.8 Å². The first-order valence-electron chi connectivity index (χ1n) is 7.34. The predicted octanol–water partition coefficient (Wildman–Crippen LogP) is 4.44. The monoisotopic (exact) mass is 418 g/mol. The Morgan fingerprint density at radius 1 is 1.00 bits per heavy atom. The molecule has 0 unspecified atom stereocenters. The molecule has 0 atom stereocenters. The van der Waals surface area contributed by atoms with Crippen molar-refractivity contribution in [3.63, 3.8) is 0 Å². The summed E-state index contributed by atoms with van der Waals surface area (Å²) in [4.78, 5) is 12.5. The first-order valence-corrected chi connectivity index (χ1v) is 10.1. The number of sulfonamides is 1. The number of anilines is 2. The fourth-order valence-electron chi connectivity index (χ4n) is 2.54. The Labute approximate surface area is 160 Å². The highest BCUT2D eigenvalue weighted by Crippen LogP contribution is 2.30. The van der Waals surface area contributed by atoms with Crippen LogP contribution in [0.4, 0.5) is 11.4 Å². The van der Waals surface area contributed by atoms with Crippen LogP contribution in [-0.4, -0.2) is 26.6 Å². The Hall–Kier alpha value is -1.47. The van der Waals surface area contributed by atoms with Crippen LogP contribution in [0.5, 0.6) is 0 Å². The SMILES string of the molecule is O=C(Nc1ccc(Cl)c(Cl)c1)c1cc(N2CCCS2(=O)=O)ccc1Cl. The van der Waals surface area contributed by atoms with Crippen LogP contribution >= 0.6 is 34.8 Å². The standard InChI is InChI=1S/C16H13Cl3N2O3S/c17-13-5-3-11(21-6-1-7-25(21,23)24)9-12(13)16(22)20-10-2-4-14(18)15(19)8-10/h2-5,8-9H,1,6-7H2,(H,20,22). The highest BCUT2D eigenvalue weighted by atomic mass is 35.5. The number of rotatable bonds is 3. The quantitative estimate of drug-likeness (QED) is 0.800. The molecule has 25 heavy (non-hydrogen) atoms. The van der Waals surface area contributed by atoms with Gasteiger partial charge in [-0.15, -0.1) is 0 Å². The highest BCUT2D eigenvalue weighted by Gasteiger charge is 2.29. The van der Waals surface area contributed by atoms with Crippen LogP contribution in [-0.2, 0) is 10.0 Å². The van der Waals surface area contributed by atoms with Gasteiger partial charge in [-0.3, -0.25) is 9.10 Å². The Morgan fingerprint density at radius 2 is 1.72 bits per heavy atom. The molecule has 132 valence electrons. The Bertz CT molecular complexity index is 948.